The topological polar surface area (TPSA) is 61.9 Å². The molecular weight excluding hydrogens is 387 g/mol. The Kier molecular flexibility index (Phi) is 7.60. The van der Waals surface area contributed by atoms with Crippen molar-refractivity contribution in [2.45, 2.75) is 12.9 Å². The van der Waals surface area contributed by atoms with Crippen LogP contribution in [0, 0.1) is 0 Å². The second-order valence-electron chi connectivity index (χ2n) is 6.53. The molecule has 0 heterocycles. The van der Waals surface area contributed by atoms with Gasteiger partial charge in [-0.15, -0.1) is 13.2 Å². The van der Waals surface area contributed by atoms with Gasteiger partial charge < -0.3 is 15.0 Å². The molecule has 0 spiro atoms. The molecule has 6 nitrogen and oxygen atoms in total. The van der Waals surface area contributed by atoms with E-state index in [1.165, 1.54) is 12.1 Å². The normalized spacial score (nSPS) is 11.2. The number of nitrogens with one attached hydrogen (secondary N) is 1. The maximum atomic E-state index is 12.3. The number of halogens is 3. The molecule has 2 rings (SSSR count). The van der Waals surface area contributed by atoms with E-state index in [1.807, 2.05) is 30.3 Å². The third-order valence-electron chi connectivity index (χ3n) is 3.88. The summed E-state index contributed by atoms with van der Waals surface area (Å²) >= 11 is 0. The van der Waals surface area contributed by atoms with Crippen molar-refractivity contribution in [3.63, 3.8) is 0 Å². The Morgan fingerprint density at radius 1 is 0.966 bits per heavy atom. The number of amides is 2. The molecule has 156 valence electrons. The van der Waals surface area contributed by atoms with Crippen LogP contribution in [0.2, 0.25) is 0 Å². The predicted octanol–water partition coefficient (Wildman–Crippen LogP) is 3.11. The molecule has 1 N–H and O–H groups in total. The summed E-state index contributed by atoms with van der Waals surface area (Å²) in [4.78, 5) is 27.5. The molecule has 0 aliphatic heterocycles. The van der Waals surface area contributed by atoms with E-state index in [1.54, 1.807) is 23.9 Å². The first-order valence-electron chi connectivity index (χ1n) is 8.74. The first-order chi connectivity index (χ1) is 13.6. The molecule has 0 fully saturated rings. The number of ether oxygens (including phenoxy) is 1. The highest BCUT2D eigenvalue weighted by atomic mass is 19.4. The van der Waals surface area contributed by atoms with Crippen molar-refractivity contribution in [2.24, 2.45) is 0 Å². The van der Waals surface area contributed by atoms with Crippen LogP contribution in [0.5, 0.6) is 5.75 Å². The molecule has 0 saturated carbocycles. The van der Waals surface area contributed by atoms with Crippen molar-refractivity contribution in [1.82, 2.24) is 9.80 Å². The summed E-state index contributed by atoms with van der Waals surface area (Å²) in [5, 5.41) is 2.56. The van der Waals surface area contributed by atoms with Crippen LogP contribution < -0.4 is 10.1 Å². The maximum Gasteiger partial charge on any atom is 0.573 e. The van der Waals surface area contributed by atoms with Crippen molar-refractivity contribution in [1.29, 1.82) is 0 Å². The minimum atomic E-state index is -4.77. The van der Waals surface area contributed by atoms with Gasteiger partial charge in [-0.2, -0.15) is 0 Å². The van der Waals surface area contributed by atoms with E-state index in [2.05, 4.69) is 10.1 Å². The molecule has 2 amide bonds. The lowest BCUT2D eigenvalue weighted by atomic mass is 10.2. The van der Waals surface area contributed by atoms with Gasteiger partial charge in [-0.25, -0.2) is 0 Å². The Balaban J connectivity index is 1.78. The molecule has 0 aliphatic rings. The van der Waals surface area contributed by atoms with Gasteiger partial charge in [0.25, 0.3) is 0 Å². The van der Waals surface area contributed by atoms with Gasteiger partial charge in [0, 0.05) is 19.3 Å². The van der Waals surface area contributed by atoms with Crippen LogP contribution in [0.4, 0.5) is 18.9 Å². The smallest absolute Gasteiger partial charge is 0.406 e. The van der Waals surface area contributed by atoms with Gasteiger partial charge in [-0.1, -0.05) is 30.3 Å². The molecule has 0 saturated heterocycles. The van der Waals surface area contributed by atoms with E-state index in [0.717, 1.165) is 17.7 Å². The lowest BCUT2D eigenvalue weighted by Crippen LogP contribution is -2.39. The molecule has 0 atom stereocenters. The van der Waals surface area contributed by atoms with E-state index in [9.17, 15) is 22.8 Å². The molecule has 29 heavy (non-hydrogen) atoms. The number of likely N-dealkylation sites (N-methyl/N-ethyl adjacent to an activating group) is 2. The first-order valence-corrected chi connectivity index (χ1v) is 8.74. The highest BCUT2D eigenvalue weighted by Gasteiger charge is 2.31. The molecule has 2 aromatic carbocycles. The van der Waals surface area contributed by atoms with E-state index in [4.69, 9.17) is 0 Å². The zero-order valence-corrected chi connectivity index (χ0v) is 16.1. The van der Waals surface area contributed by atoms with Crippen LogP contribution in [0.3, 0.4) is 0 Å². The van der Waals surface area contributed by atoms with E-state index in [-0.39, 0.29) is 24.7 Å². The number of hydrogen-bond acceptors (Lipinski definition) is 4. The second kappa shape index (κ2) is 9.92. The summed E-state index contributed by atoms with van der Waals surface area (Å²) in [6, 6.07) is 14.4. The van der Waals surface area contributed by atoms with Crippen LogP contribution >= 0.6 is 0 Å². The summed E-state index contributed by atoms with van der Waals surface area (Å²) < 4.78 is 40.2. The van der Waals surface area contributed by atoms with Crippen molar-refractivity contribution in [3.05, 3.63) is 60.2 Å². The number of carbonyl (C=O) groups is 2. The standard InChI is InChI=1S/C20H22F3N3O3/c1-25(14-19(28)26(2)12-15-6-4-3-5-7-15)13-18(27)24-16-8-10-17(11-9-16)29-20(21,22)23/h3-11H,12-14H2,1-2H3,(H,24,27). The quantitative estimate of drug-likeness (QED) is 0.728. The first kappa shape index (κ1) is 22.2. The van der Waals surface area contributed by atoms with Gasteiger partial charge in [0.2, 0.25) is 11.8 Å². The fraction of sp³-hybridized carbons (Fsp3) is 0.300. The van der Waals surface area contributed by atoms with Crippen LogP contribution in [0.1, 0.15) is 5.56 Å². The van der Waals surface area contributed by atoms with Gasteiger partial charge in [-0.3, -0.25) is 14.5 Å². The number of carbonyl (C=O) groups excluding carboxylic acids is 2. The molecule has 0 aliphatic carbocycles. The number of hydrogen-bond donors (Lipinski definition) is 1. The Hall–Kier alpha value is -3.07. The van der Waals surface area contributed by atoms with Crippen molar-refractivity contribution < 1.29 is 27.5 Å². The van der Waals surface area contributed by atoms with Gasteiger partial charge >= 0.3 is 6.36 Å². The lowest BCUT2D eigenvalue weighted by Gasteiger charge is -2.21. The average Bonchev–Trinajstić information content (AvgIpc) is 2.62. The van der Waals surface area contributed by atoms with Crippen molar-refractivity contribution in [2.75, 3.05) is 32.5 Å². The number of rotatable bonds is 8. The van der Waals surface area contributed by atoms with Gasteiger partial charge in [0.1, 0.15) is 5.75 Å². The molecule has 9 heteroatoms. The zero-order chi connectivity index (χ0) is 21.4. The molecule has 0 radical (unpaired) electrons. The Labute approximate surface area is 166 Å². The van der Waals surface area contributed by atoms with Gasteiger partial charge in [0.05, 0.1) is 13.1 Å². The van der Waals surface area contributed by atoms with Crippen LogP contribution in [-0.2, 0) is 16.1 Å². The molecular formula is C20H22F3N3O3. The van der Waals surface area contributed by atoms with Gasteiger partial charge in [0.15, 0.2) is 0 Å². The number of anilines is 1. The minimum absolute atomic E-state index is 0.0499. The molecule has 0 bridgehead atoms. The fourth-order valence-corrected chi connectivity index (χ4v) is 2.54. The number of alkyl halides is 3. The monoisotopic (exact) mass is 409 g/mol. The van der Waals surface area contributed by atoms with Crippen LogP contribution in [-0.4, -0.2) is 55.2 Å². The molecule has 0 aromatic heterocycles. The predicted molar refractivity (Wildman–Crippen MR) is 102 cm³/mol. The summed E-state index contributed by atoms with van der Waals surface area (Å²) in [5.41, 5.74) is 1.33. The largest absolute Gasteiger partial charge is 0.573 e. The molecule has 2 aromatic rings. The second-order valence-corrected chi connectivity index (χ2v) is 6.53. The summed E-state index contributed by atoms with van der Waals surface area (Å²) in [6.45, 7) is 0.465. The van der Waals surface area contributed by atoms with Crippen molar-refractivity contribution >= 4 is 17.5 Å². The molecule has 0 unspecified atom stereocenters. The van der Waals surface area contributed by atoms with E-state index in [0.29, 0.717) is 12.2 Å². The third kappa shape index (κ3) is 8.22. The number of nitrogens with zero attached hydrogens (tertiary/aromatic N) is 2. The average molecular weight is 409 g/mol. The fourth-order valence-electron chi connectivity index (χ4n) is 2.54. The lowest BCUT2D eigenvalue weighted by molar-refractivity contribution is -0.274. The maximum absolute atomic E-state index is 12.3. The van der Waals surface area contributed by atoms with Crippen molar-refractivity contribution in [3.8, 4) is 5.75 Å². The Morgan fingerprint density at radius 2 is 1.59 bits per heavy atom. The van der Waals surface area contributed by atoms with Crippen LogP contribution in [0.15, 0.2) is 54.6 Å². The Bertz CT molecular complexity index is 811. The zero-order valence-electron chi connectivity index (χ0n) is 16.1. The van der Waals surface area contributed by atoms with Gasteiger partial charge in [-0.05, 0) is 36.9 Å². The van der Waals surface area contributed by atoms with E-state index < -0.39 is 12.3 Å². The Morgan fingerprint density at radius 3 is 2.17 bits per heavy atom. The SMILES string of the molecule is CN(CC(=O)Nc1ccc(OC(F)(F)F)cc1)CC(=O)N(C)Cc1ccccc1. The van der Waals surface area contributed by atoms with Crippen LogP contribution in [0.25, 0.3) is 0 Å². The van der Waals surface area contributed by atoms with E-state index >= 15 is 0 Å². The minimum Gasteiger partial charge on any atom is -0.406 e. The number of benzene rings is 2. The summed E-state index contributed by atoms with van der Waals surface area (Å²) in [7, 11) is 3.32. The summed E-state index contributed by atoms with van der Waals surface area (Å²) in [6.07, 6.45) is -4.77. The highest BCUT2D eigenvalue weighted by molar-refractivity contribution is 5.92. The highest BCUT2D eigenvalue weighted by Crippen LogP contribution is 2.23. The third-order valence-corrected chi connectivity index (χ3v) is 3.88. The summed E-state index contributed by atoms with van der Waals surface area (Å²) in [5.74, 6) is -0.909.